The van der Waals surface area contributed by atoms with Gasteiger partial charge in [0, 0.05) is 13.1 Å². The molecule has 0 aliphatic heterocycles. The van der Waals surface area contributed by atoms with Crippen molar-refractivity contribution in [3.05, 3.63) is 71.4 Å². The van der Waals surface area contributed by atoms with Crippen molar-refractivity contribution in [1.82, 2.24) is 14.7 Å². The van der Waals surface area contributed by atoms with Crippen molar-refractivity contribution in [3.8, 4) is 17.3 Å². The average molecular weight is 430 g/mol. The van der Waals surface area contributed by atoms with Gasteiger partial charge in [-0.05, 0) is 74.8 Å². The maximum absolute atomic E-state index is 13.5. The molecular weight excluding hydrogens is 400 g/mol. The second kappa shape index (κ2) is 10.5. The molecule has 5 nitrogen and oxygen atoms in total. The molecule has 0 fully saturated rings. The van der Waals surface area contributed by atoms with Gasteiger partial charge in [-0.2, -0.15) is 5.10 Å². The van der Waals surface area contributed by atoms with E-state index in [4.69, 9.17) is 4.74 Å². The van der Waals surface area contributed by atoms with Crippen LogP contribution in [0.25, 0.3) is 5.69 Å². The molecule has 0 amide bonds. The molecule has 0 spiro atoms. The van der Waals surface area contributed by atoms with E-state index in [0.29, 0.717) is 36.8 Å². The van der Waals surface area contributed by atoms with Crippen LogP contribution in [-0.4, -0.2) is 39.0 Å². The molecule has 0 aliphatic carbocycles. The number of hydrogen-bond acceptors (Lipinski definition) is 4. The summed E-state index contributed by atoms with van der Waals surface area (Å²) in [6.45, 7) is 7.84. The Hall–Kier alpha value is -2.77. The van der Waals surface area contributed by atoms with Gasteiger partial charge in [0.15, 0.2) is 0 Å². The first kappa shape index (κ1) is 22.9. The number of benzene rings is 2. The van der Waals surface area contributed by atoms with E-state index in [1.165, 1.54) is 24.3 Å². The summed E-state index contributed by atoms with van der Waals surface area (Å²) >= 11 is 0. The van der Waals surface area contributed by atoms with E-state index in [1.54, 1.807) is 28.9 Å². The molecule has 3 rings (SSSR count). The highest BCUT2D eigenvalue weighted by molar-refractivity contribution is 5.43. The lowest BCUT2D eigenvalue weighted by Gasteiger charge is -2.24. The molecule has 0 aliphatic rings. The Morgan fingerprint density at radius 2 is 1.65 bits per heavy atom. The fraction of sp³-hybridized carbons (Fsp3) is 0.375. The molecule has 0 saturated carbocycles. The van der Waals surface area contributed by atoms with Crippen LogP contribution >= 0.6 is 0 Å². The minimum atomic E-state index is -0.416. The number of rotatable bonds is 10. The first-order chi connectivity index (χ1) is 14.9. The Morgan fingerprint density at radius 1 is 1.03 bits per heavy atom. The Bertz CT molecular complexity index is 972. The summed E-state index contributed by atoms with van der Waals surface area (Å²) < 4.78 is 34.6. The van der Waals surface area contributed by atoms with Crippen LogP contribution in [0.3, 0.4) is 0 Å². The zero-order valence-corrected chi connectivity index (χ0v) is 18.2. The standard InChI is InChI=1S/C24H29F2N3O2/c1-4-14-28(15-21(30)5-2)16-23-17(3)27-29(20-10-6-18(25)7-11-20)24(23)31-22-12-8-19(26)9-13-22/h6-13,21,30H,4-5,14-16H2,1-3H3/t21-/m1/s1. The maximum atomic E-state index is 13.5. The quantitative estimate of drug-likeness (QED) is 0.479. The predicted molar refractivity (Wildman–Crippen MR) is 117 cm³/mol. The summed E-state index contributed by atoms with van der Waals surface area (Å²) in [7, 11) is 0. The Morgan fingerprint density at radius 3 is 2.23 bits per heavy atom. The first-order valence-electron chi connectivity index (χ1n) is 10.6. The van der Waals surface area contributed by atoms with Crippen LogP contribution in [0.5, 0.6) is 11.6 Å². The van der Waals surface area contributed by atoms with Crippen molar-refractivity contribution in [2.75, 3.05) is 13.1 Å². The van der Waals surface area contributed by atoms with Crippen molar-refractivity contribution in [3.63, 3.8) is 0 Å². The second-order valence-electron chi connectivity index (χ2n) is 7.61. The molecule has 166 valence electrons. The molecule has 1 N–H and O–H groups in total. The normalized spacial score (nSPS) is 12.4. The van der Waals surface area contributed by atoms with Gasteiger partial charge in [0.1, 0.15) is 17.4 Å². The lowest BCUT2D eigenvalue weighted by Crippen LogP contribution is -2.32. The van der Waals surface area contributed by atoms with Crippen molar-refractivity contribution in [2.45, 2.75) is 46.3 Å². The van der Waals surface area contributed by atoms with E-state index in [-0.39, 0.29) is 11.6 Å². The van der Waals surface area contributed by atoms with Crippen LogP contribution in [0.1, 0.15) is 37.9 Å². The van der Waals surface area contributed by atoms with E-state index in [2.05, 4.69) is 16.9 Å². The fourth-order valence-electron chi connectivity index (χ4n) is 3.40. The predicted octanol–water partition coefficient (Wildman–Crippen LogP) is 5.23. The smallest absolute Gasteiger partial charge is 0.227 e. The van der Waals surface area contributed by atoms with Crippen LogP contribution < -0.4 is 4.74 Å². The van der Waals surface area contributed by atoms with E-state index < -0.39 is 6.10 Å². The largest absolute Gasteiger partial charge is 0.439 e. The van der Waals surface area contributed by atoms with Crippen LogP contribution in [-0.2, 0) is 6.54 Å². The van der Waals surface area contributed by atoms with Crippen LogP contribution in [0.15, 0.2) is 48.5 Å². The van der Waals surface area contributed by atoms with Gasteiger partial charge in [-0.25, -0.2) is 13.5 Å². The molecule has 1 atom stereocenters. The Kier molecular flexibility index (Phi) is 7.76. The molecule has 0 unspecified atom stereocenters. The third-order valence-corrected chi connectivity index (χ3v) is 5.10. The van der Waals surface area contributed by atoms with E-state index >= 15 is 0 Å². The number of aliphatic hydroxyl groups is 1. The third kappa shape index (κ3) is 5.89. The van der Waals surface area contributed by atoms with Gasteiger partial charge in [0.2, 0.25) is 5.88 Å². The molecule has 2 aromatic carbocycles. The summed E-state index contributed by atoms with van der Waals surface area (Å²) in [5, 5.41) is 14.8. The highest BCUT2D eigenvalue weighted by Crippen LogP contribution is 2.32. The highest BCUT2D eigenvalue weighted by Gasteiger charge is 2.22. The minimum absolute atomic E-state index is 0.337. The van der Waals surface area contributed by atoms with Gasteiger partial charge in [-0.1, -0.05) is 13.8 Å². The zero-order chi connectivity index (χ0) is 22.4. The SMILES string of the molecule is CCCN(Cc1c(C)nn(-c2ccc(F)cc2)c1Oc1ccc(F)cc1)C[C@H](O)CC. The van der Waals surface area contributed by atoms with Gasteiger partial charge < -0.3 is 9.84 Å². The number of aromatic nitrogens is 2. The first-order valence-corrected chi connectivity index (χ1v) is 10.6. The number of ether oxygens (including phenoxy) is 1. The van der Waals surface area contributed by atoms with Gasteiger partial charge in [0.25, 0.3) is 0 Å². The van der Waals surface area contributed by atoms with E-state index in [0.717, 1.165) is 24.2 Å². The van der Waals surface area contributed by atoms with Crippen LogP contribution in [0.4, 0.5) is 8.78 Å². The van der Waals surface area contributed by atoms with Gasteiger partial charge in [0.05, 0.1) is 23.0 Å². The molecule has 0 bridgehead atoms. The molecule has 1 heterocycles. The summed E-state index contributed by atoms with van der Waals surface area (Å²) in [5.41, 5.74) is 2.29. The molecule has 1 aromatic heterocycles. The number of aliphatic hydroxyl groups excluding tert-OH is 1. The van der Waals surface area contributed by atoms with Crippen molar-refractivity contribution in [2.24, 2.45) is 0 Å². The lowest BCUT2D eigenvalue weighted by atomic mass is 10.2. The molecular formula is C24H29F2N3O2. The minimum Gasteiger partial charge on any atom is -0.439 e. The van der Waals surface area contributed by atoms with Gasteiger partial charge in [-0.3, -0.25) is 4.90 Å². The fourth-order valence-corrected chi connectivity index (χ4v) is 3.40. The van der Waals surface area contributed by atoms with Crippen molar-refractivity contribution >= 4 is 0 Å². The maximum Gasteiger partial charge on any atom is 0.227 e. The average Bonchev–Trinajstić information content (AvgIpc) is 3.05. The summed E-state index contributed by atoms with van der Waals surface area (Å²) in [5.74, 6) is 0.277. The number of hydrogen-bond donors (Lipinski definition) is 1. The summed E-state index contributed by atoms with van der Waals surface area (Å²) in [6.07, 6.45) is 1.20. The Labute approximate surface area is 181 Å². The lowest BCUT2D eigenvalue weighted by molar-refractivity contribution is 0.105. The molecule has 3 aromatic rings. The van der Waals surface area contributed by atoms with Crippen molar-refractivity contribution in [1.29, 1.82) is 0 Å². The van der Waals surface area contributed by atoms with Crippen LogP contribution in [0.2, 0.25) is 0 Å². The van der Waals surface area contributed by atoms with Gasteiger partial charge in [-0.15, -0.1) is 0 Å². The summed E-state index contributed by atoms with van der Waals surface area (Å²) in [4.78, 5) is 2.17. The molecule has 7 heteroatoms. The molecule has 0 saturated heterocycles. The topological polar surface area (TPSA) is 50.5 Å². The number of aryl methyl sites for hydroxylation is 1. The number of nitrogens with zero attached hydrogens (tertiary/aromatic N) is 3. The van der Waals surface area contributed by atoms with E-state index in [9.17, 15) is 13.9 Å². The zero-order valence-electron chi connectivity index (χ0n) is 18.2. The van der Waals surface area contributed by atoms with E-state index in [1.807, 2.05) is 13.8 Å². The van der Waals surface area contributed by atoms with Gasteiger partial charge >= 0.3 is 0 Å². The second-order valence-corrected chi connectivity index (χ2v) is 7.61. The number of halogens is 2. The van der Waals surface area contributed by atoms with Crippen molar-refractivity contribution < 1.29 is 18.6 Å². The monoisotopic (exact) mass is 429 g/mol. The summed E-state index contributed by atoms with van der Waals surface area (Å²) in [6, 6.07) is 11.8. The molecule has 31 heavy (non-hydrogen) atoms. The highest BCUT2D eigenvalue weighted by atomic mass is 19.1. The van der Waals surface area contributed by atoms with Crippen LogP contribution in [0, 0.1) is 18.6 Å². The third-order valence-electron chi connectivity index (χ3n) is 5.10. The Balaban J connectivity index is 2.01. The molecule has 0 radical (unpaired) electrons.